The summed E-state index contributed by atoms with van der Waals surface area (Å²) in [6.45, 7) is 3.91. The summed E-state index contributed by atoms with van der Waals surface area (Å²) in [5.41, 5.74) is 1.93. The molecule has 21 heavy (non-hydrogen) atoms. The van der Waals surface area contributed by atoms with Crippen LogP contribution in [-0.4, -0.2) is 29.2 Å². The zero-order chi connectivity index (χ0) is 14.4. The van der Waals surface area contributed by atoms with Crippen molar-refractivity contribution in [1.29, 1.82) is 0 Å². The van der Waals surface area contributed by atoms with E-state index in [2.05, 4.69) is 29.1 Å². The second-order valence-corrected chi connectivity index (χ2v) is 6.05. The average Bonchev–Trinajstić information content (AvgIpc) is 3.06. The van der Waals surface area contributed by atoms with E-state index in [-0.39, 0.29) is 5.91 Å². The number of aryl methyl sites for hydroxylation is 1. The van der Waals surface area contributed by atoms with Gasteiger partial charge in [0.1, 0.15) is 0 Å². The number of carbonyl (C=O) groups excluding carboxylic acids is 1. The van der Waals surface area contributed by atoms with Crippen molar-refractivity contribution in [2.75, 3.05) is 6.61 Å². The van der Waals surface area contributed by atoms with Crippen LogP contribution in [0.4, 0.5) is 0 Å². The van der Waals surface area contributed by atoms with E-state index in [0.717, 1.165) is 36.9 Å². The monoisotopic (exact) mass is 284 g/mol. The van der Waals surface area contributed by atoms with Crippen LogP contribution in [0.2, 0.25) is 0 Å². The van der Waals surface area contributed by atoms with Crippen LogP contribution in [-0.2, 0) is 11.3 Å². The third-order valence-corrected chi connectivity index (χ3v) is 4.95. The highest BCUT2D eigenvalue weighted by atomic mass is 16.5. The van der Waals surface area contributed by atoms with Gasteiger partial charge in [0.25, 0.3) is 5.91 Å². The van der Waals surface area contributed by atoms with Gasteiger partial charge in [-0.25, -0.2) is 0 Å². The maximum absolute atomic E-state index is 12.4. The first-order valence-electron chi connectivity index (χ1n) is 7.77. The van der Waals surface area contributed by atoms with Gasteiger partial charge in [-0.1, -0.05) is 0 Å². The van der Waals surface area contributed by atoms with Crippen molar-refractivity contribution in [3.05, 3.63) is 36.0 Å². The number of amides is 1. The fourth-order valence-electron chi connectivity index (χ4n) is 3.63. The van der Waals surface area contributed by atoms with Crippen molar-refractivity contribution in [2.45, 2.75) is 38.5 Å². The van der Waals surface area contributed by atoms with Gasteiger partial charge in [0.15, 0.2) is 0 Å². The van der Waals surface area contributed by atoms with Crippen LogP contribution in [0.25, 0.3) is 10.9 Å². The lowest BCUT2D eigenvalue weighted by molar-refractivity contribution is 0.00810. The number of nitrogens with zero attached hydrogens (tertiary/aromatic N) is 1. The predicted molar refractivity (Wildman–Crippen MR) is 81.3 cm³/mol. The van der Waals surface area contributed by atoms with Crippen LogP contribution in [0.1, 0.15) is 30.1 Å². The zero-order valence-corrected chi connectivity index (χ0v) is 12.2. The number of rotatable bonds is 3. The summed E-state index contributed by atoms with van der Waals surface area (Å²) >= 11 is 0. The molecule has 1 aliphatic carbocycles. The van der Waals surface area contributed by atoms with E-state index in [1.165, 1.54) is 5.52 Å². The first kappa shape index (κ1) is 12.9. The van der Waals surface area contributed by atoms with E-state index in [4.69, 9.17) is 4.74 Å². The lowest BCUT2D eigenvalue weighted by atomic mass is 9.76. The molecule has 0 bridgehead atoms. The SMILES string of the molecule is CCn1ccc2cc(C(=O)N[C@H]3C[C@@H]4OCC[C@H]34)ccc21. The molecule has 1 aromatic heterocycles. The minimum atomic E-state index is 0.0384. The van der Waals surface area contributed by atoms with Crippen molar-refractivity contribution in [3.8, 4) is 0 Å². The standard InChI is InChI=1S/C17H20N2O2/c1-2-19-7-5-11-9-12(3-4-15(11)19)17(20)18-14-10-16-13(14)6-8-21-16/h3-5,7,9,13-14,16H,2,6,8,10H2,1H3,(H,18,20)/t13-,14+,16+/m1/s1. The highest BCUT2D eigenvalue weighted by molar-refractivity contribution is 5.98. The number of carbonyl (C=O) groups is 1. The molecule has 0 radical (unpaired) electrons. The lowest BCUT2D eigenvalue weighted by Crippen LogP contribution is -2.53. The molecule has 1 aliphatic heterocycles. The van der Waals surface area contributed by atoms with E-state index >= 15 is 0 Å². The first-order chi connectivity index (χ1) is 10.3. The molecule has 1 saturated heterocycles. The number of fused-ring (bicyclic) bond motifs is 2. The van der Waals surface area contributed by atoms with Gasteiger partial charge in [0.2, 0.25) is 0 Å². The second kappa shape index (κ2) is 4.88. The van der Waals surface area contributed by atoms with E-state index in [1.54, 1.807) is 0 Å². The highest BCUT2D eigenvalue weighted by Gasteiger charge is 2.45. The van der Waals surface area contributed by atoms with Crippen LogP contribution in [0.3, 0.4) is 0 Å². The van der Waals surface area contributed by atoms with Gasteiger partial charge in [-0.3, -0.25) is 4.79 Å². The van der Waals surface area contributed by atoms with Gasteiger partial charge in [-0.05, 0) is 44.0 Å². The van der Waals surface area contributed by atoms with Crippen molar-refractivity contribution >= 4 is 16.8 Å². The highest BCUT2D eigenvalue weighted by Crippen LogP contribution is 2.38. The summed E-state index contributed by atoms with van der Waals surface area (Å²) in [6, 6.07) is 8.31. The molecule has 0 unspecified atom stereocenters. The molecule has 2 aliphatic rings. The number of hydrogen-bond donors (Lipinski definition) is 1. The summed E-state index contributed by atoms with van der Waals surface area (Å²) in [6.07, 6.45) is 4.49. The van der Waals surface area contributed by atoms with Gasteiger partial charge < -0.3 is 14.6 Å². The number of aromatic nitrogens is 1. The van der Waals surface area contributed by atoms with E-state index in [9.17, 15) is 4.79 Å². The predicted octanol–water partition coefficient (Wildman–Crippen LogP) is 2.57. The molecule has 4 heteroatoms. The maximum Gasteiger partial charge on any atom is 0.251 e. The van der Waals surface area contributed by atoms with Gasteiger partial charge in [-0.15, -0.1) is 0 Å². The second-order valence-electron chi connectivity index (χ2n) is 6.05. The lowest BCUT2D eigenvalue weighted by Gasteiger charge is -2.39. The zero-order valence-electron chi connectivity index (χ0n) is 12.2. The van der Waals surface area contributed by atoms with Crippen LogP contribution in [0.5, 0.6) is 0 Å². The third kappa shape index (κ3) is 2.05. The molecular weight excluding hydrogens is 264 g/mol. The van der Waals surface area contributed by atoms with Crippen molar-refractivity contribution in [1.82, 2.24) is 9.88 Å². The summed E-state index contributed by atoms with van der Waals surface area (Å²) in [5.74, 6) is 0.565. The molecule has 3 atom stereocenters. The number of nitrogens with one attached hydrogen (secondary N) is 1. The van der Waals surface area contributed by atoms with Gasteiger partial charge >= 0.3 is 0 Å². The van der Waals surface area contributed by atoms with Gasteiger partial charge in [0, 0.05) is 47.8 Å². The molecule has 2 aromatic rings. The summed E-state index contributed by atoms with van der Waals surface area (Å²) in [7, 11) is 0. The average molecular weight is 284 g/mol. The Morgan fingerprint density at radius 2 is 2.33 bits per heavy atom. The molecule has 4 nitrogen and oxygen atoms in total. The smallest absolute Gasteiger partial charge is 0.251 e. The largest absolute Gasteiger partial charge is 0.378 e. The first-order valence-corrected chi connectivity index (χ1v) is 7.77. The summed E-state index contributed by atoms with van der Waals surface area (Å²) < 4.78 is 7.77. The molecule has 1 saturated carbocycles. The topological polar surface area (TPSA) is 43.3 Å². The van der Waals surface area contributed by atoms with Crippen molar-refractivity contribution < 1.29 is 9.53 Å². The maximum atomic E-state index is 12.4. The summed E-state index contributed by atoms with van der Waals surface area (Å²) in [4.78, 5) is 12.4. The minimum Gasteiger partial charge on any atom is -0.378 e. The Bertz CT molecular complexity index is 691. The Morgan fingerprint density at radius 3 is 3.14 bits per heavy atom. The Hall–Kier alpha value is -1.81. The number of hydrogen-bond acceptors (Lipinski definition) is 2. The van der Waals surface area contributed by atoms with Crippen LogP contribution in [0, 0.1) is 5.92 Å². The molecule has 1 aromatic carbocycles. The molecule has 0 spiro atoms. The number of benzene rings is 1. The van der Waals surface area contributed by atoms with Crippen LogP contribution >= 0.6 is 0 Å². The van der Waals surface area contributed by atoms with E-state index in [0.29, 0.717) is 18.1 Å². The fraction of sp³-hybridized carbons (Fsp3) is 0.471. The normalized spacial score (nSPS) is 27.4. The van der Waals surface area contributed by atoms with Crippen molar-refractivity contribution in [3.63, 3.8) is 0 Å². The fourth-order valence-corrected chi connectivity index (χ4v) is 3.63. The summed E-state index contributed by atoms with van der Waals surface area (Å²) in [5, 5.41) is 4.29. The van der Waals surface area contributed by atoms with Crippen LogP contribution < -0.4 is 5.32 Å². The quantitative estimate of drug-likeness (QED) is 0.941. The molecule has 4 rings (SSSR count). The Morgan fingerprint density at radius 1 is 1.43 bits per heavy atom. The Balaban J connectivity index is 1.51. The van der Waals surface area contributed by atoms with E-state index < -0.39 is 0 Å². The number of ether oxygens (including phenoxy) is 1. The molecule has 2 fully saturated rings. The Kier molecular flexibility index (Phi) is 3.00. The molecule has 1 N–H and O–H groups in total. The van der Waals surface area contributed by atoms with E-state index in [1.807, 2.05) is 18.2 Å². The third-order valence-electron chi connectivity index (χ3n) is 4.95. The molecule has 2 heterocycles. The molecular formula is C17H20N2O2. The van der Waals surface area contributed by atoms with Gasteiger partial charge in [-0.2, -0.15) is 0 Å². The van der Waals surface area contributed by atoms with Crippen molar-refractivity contribution in [2.24, 2.45) is 5.92 Å². The van der Waals surface area contributed by atoms with Crippen LogP contribution in [0.15, 0.2) is 30.5 Å². The Labute approximate surface area is 124 Å². The van der Waals surface area contributed by atoms with Gasteiger partial charge in [0.05, 0.1) is 6.10 Å². The minimum absolute atomic E-state index is 0.0384. The molecule has 110 valence electrons. The molecule has 1 amide bonds.